The number of nitro benzene ring substituents is 1. The Kier molecular flexibility index (Phi) is 6.33. The van der Waals surface area contributed by atoms with Crippen LogP contribution in [0.4, 0.5) is 17.1 Å². The number of piperazine rings is 1. The molecule has 0 unspecified atom stereocenters. The van der Waals surface area contributed by atoms with Gasteiger partial charge in [0, 0.05) is 43.0 Å². The van der Waals surface area contributed by atoms with Crippen molar-refractivity contribution in [2.24, 2.45) is 0 Å². The normalized spacial score (nSPS) is 14.6. The number of hydrogen-bond donors (Lipinski definition) is 1. The van der Waals surface area contributed by atoms with Crippen LogP contribution in [0.3, 0.4) is 0 Å². The zero-order valence-electron chi connectivity index (χ0n) is 15.4. The minimum Gasteiger partial charge on any atom is -0.497 e. The van der Waals surface area contributed by atoms with E-state index in [9.17, 15) is 14.9 Å². The molecule has 1 saturated heterocycles. The van der Waals surface area contributed by atoms with Crippen LogP contribution in [-0.4, -0.2) is 55.6 Å². The molecule has 1 aliphatic heterocycles. The summed E-state index contributed by atoms with van der Waals surface area (Å²) in [6.07, 6.45) is 0. The maximum Gasteiger partial charge on any atom is 0.292 e. The van der Waals surface area contributed by atoms with Gasteiger partial charge < -0.3 is 15.0 Å². The molecule has 0 aliphatic carbocycles. The van der Waals surface area contributed by atoms with Gasteiger partial charge in [-0.1, -0.05) is 11.6 Å². The zero-order chi connectivity index (χ0) is 20.1. The molecule has 28 heavy (non-hydrogen) atoms. The van der Waals surface area contributed by atoms with Crippen LogP contribution in [0, 0.1) is 10.1 Å². The Labute approximate surface area is 167 Å². The number of halogens is 1. The van der Waals surface area contributed by atoms with E-state index in [1.165, 1.54) is 18.2 Å². The smallest absolute Gasteiger partial charge is 0.292 e. The fourth-order valence-corrected chi connectivity index (χ4v) is 3.29. The second kappa shape index (κ2) is 8.90. The van der Waals surface area contributed by atoms with Crippen LogP contribution < -0.4 is 15.0 Å². The molecule has 1 aliphatic rings. The van der Waals surface area contributed by atoms with Gasteiger partial charge >= 0.3 is 0 Å². The van der Waals surface area contributed by atoms with Crippen molar-refractivity contribution in [3.8, 4) is 5.75 Å². The molecule has 1 fully saturated rings. The first kappa shape index (κ1) is 19.9. The highest BCUT2D eigenvalue weighted by molar-refractivity contribution is 6.31. The molecule has 0 aromatic heterocycles. The van der Waals surface area contributed by atoms with Crippen molar-refractivity contribution in [1.82, 2.24) is 4.90 Å². The van der Waals surface area contributed by atoms with E-state index < -0.39 is 4.92 Å². The molecule has 1 heterocycles. The van der Waals surface area contributed by atoms with Gasteiger partial charge in [0.2, 0.25) is 5.91 Å². The lowest BCUT2D eigenvalue weighted by Crippen LogP contribution is -2.48. The second-order valence-electron chi connectivity index (χ2n) is 6.43. The predicted octanol–water partition coefficient (Wildman–Crippen LogP) is 3.02. The highest BCUT2D eigenvalue weighted by Gasteiger charge is 2.21. The van der Waals surface area contributed by atoms with E-state index in [1.54, 1.807) is 7.11 Å². The number of amides is 1. The van der Waals surface area contributed by atoms with Crippen molar-refractivity contribution in [2.45, 2.75) is 0 Å². The molecule has 148 valence electrons. The van der Waals surface area contributed by atoms with E-state index in [0.29, 0.717) is 5.02 Å². The number of carbonyl (C=O) groups excluding carboxylic acids is 1. The highest BCUT2D eigenvalue weighted by atomic mass is 35.5. The summed E-state index contributed by atoms with van der Waals surface area (Å²) in [5, 5.41) is 14.0. The summed E-state index contributed by atoms with van der Waals surface area (Å²) < 4.78 is 5.18. The molecule has 9 heteroatoms. The summed E-state index contributed by atoms with van der Waals surface area (Å²) in [4.78, 5) is 27.2. The number of methoxy groups -OCH3 is 1. The summed E-state index contributed by atoms with van der Waals surface area (Å²) >= 11 is 5.89. The molecule has 0 atom stereocenters. The molecule has 1 N–H and O–H groups in total. The number of carbonyl (C=O) groups is 1. The molecular weight excluding hydrogens is 384 g/mol. The first-order valence-corrected chi connectivity index (χ1v) is 9.19. The fourth-order valence-electron chi connectivity index (χ4n) is 3.12. The predicted molar refractivity (Wildman–Crippen MR) is 108 cm³/mol. The lowest BCUT2D eigenvalue weighted by atomic mass is 10.2. The van der Waals surface area contributed by atoms with Crippen molar-refractivity contribution >= 4 is 34.6 Å². The Bertz CT molecular complexity index is 852. The topological polar surface area (TPSA) is 88.0 Å². The third-order valence-corrected chi connectivity index (χ3v) is 4.84. The largest absolute Gasteiger partial charge is 0.497 e. The quantitative estimate of drug-likeness (QED) is 0.588. The van der Waals surface area contributed by atoms with Crippen molar-refractivity contribution < 1.29 is 14.5 Å². The SMILES string of the molecule is COc1ccc(N2CCN(CC(=O)Nc3cc(Cl)ccc3[N+](=O)[O-])CC2)cc1. The minimum absolute atomic E-state index is 0.111. The summed E-state index contributed by atoms with van der Waals surface area (Å²) in [7, 11) is 1.64. The third kappa shape index (κ3) is 4.90. The van der Waals surface area contributed by atoms with E-state index in [0.717, 1.165) is 37.6 Å². The molecule has 0 radical (unpaired) electrons. The standard InChI is InChI=1S/C19H21ClN4O4/c1-28-16-5-3-15(4-6-16)23-10-8-22(9-11-23)13-19(25)21-17-12-14(20)2-7-18(17)24(26)27/h2-7,12H,8-11,13H2,1H3,(H,21,25). The van der Waals surface area contributed by atoms with Crippen LogP contribution >= 0.6 is 11.6 Å². The fraction of sp³-hybridized carbons (Fsp3) is 0.316. The Balaban J connectivity index is 1.54. The number of nitrogens with zero attached hydrogens (tertiary/aromatic N) is 3. The van der Waals surface area contributed by atoms with Crippen LogP contribution in [0.15, 0.2) is 42.5 Å². The Morgan fingerprint density at radius 1 is 1.18 bits per heavy atom. The molecule has 0 spiro atoms. The number of anilines is 2. The van der Waals surface area contributed by atoms with E-state index in [2.05, 4.69) is 10.2 Å². The average molecular weight is 405 g/mol. The van der Waals surface area contributed by atoms with Gasteiger partial charge in [-0.05, 0) is 36.4 Å². The maximum absolute atomic E-state index is 12.3. The van der Waals surface area contributed by atoms with Gasteiger partial charge in [0.05, 0.1) is 18.6 Å². The summed E-state index contributed by atoms with van der Waals surface area (Å²) in [5.41, 5.74) is 1.04. The van der Waals surface area contributed by atoms with Crippen LogP contribution in [0.25, 0.3) is 0 Å². The molecular formula is C19H21ClN4O4. The molecule has 0 saturated carbocycles. The monoisotopic (exact) mass is 404 g/mol. The van der Waals surface area contributed by atoms with Crippen LogP contribution in [0.2, 0.25) is 5.02 Å². The van der Waals surface area contributed by atoms with Gasteiger partial charge in [-0.15, -0.1) is 0 Å². The van der Waals surface area contributed by atoms with E-state index in [-0.39, 0.29) is 23.8 Å². The second-order valence-corrected chi connectivity index (χ2v) is 6.86. The number of ether oxygens (including phenoxy) is 1. The lowest BCUT2D eigenvalue weighted by molar-refractivity contribution is -0.383. The molecule has 1 amide bonds. The van der Waals surface area contributed by atoms with Crippen LogP contribution in [0.5, 0.6) is 5.75 Å². The molecule has 0 bridgehead atoms. The van der Waals surface area contributed by atoms with Crippen LogP contribution in [-0.2, 0) is 4.79 Å². The summed E-state index contributed by atoms with van der Waals surface area (Å²) in [6.45, 7) is 3.18. The van der Waals surface area contributed by atoms with Crippen molar-refractivity contribution in [3.63, 3.8) is 0 Å². The van der Waals surface area contributed by atoms with Gasteiger partial charge in [0.15, 0.2) is 0 Å². The van der Waals surface area contributed by atoms with Gasteiger partial charge in [-0.3, -0.25) is 19.8 Å². The Morgan fingerprint density at radius 2 is 1.86 bits per heavy atom. The van der Waals surface area contributed by atoms with Gasteiger partial charge in [0.25, 0.3) is 5.69 Å². The minimum atomic E-state index is -0.542. The number of nitro groups is 1. The first-order valence-electron chi connectivity index (χ1n) is 8.81. The van der Waals surface area contributed by atoms with Gasteiger partial charge in [-0.2, -0.15) is 0 Å². The number of hydrogen-bond acceptors (Lipinski definition) is 6. The molecule has 2 aromatic rings. The lowest BCUT2D eigenvalue weighted by Gasteiger charge is -2.35. The maximum atomic E-state index is 12.3. The molecule has 8 nitrogen and oxygen atoms in total. The van der Waals surface area contributed by atoms with Crippen molar-refractivity contribution in [3.05, 3.63) is 57.6 Å². The Morgan fingerprint density at radius 3 is 2.46 bits per heavy atom. The first-order chi connectivity index (χ1) is 13.5. The average Bonchev–Trinajstić information content (AvgIpc) is 2.68. The summed E-state index contributed by atoms with van der Waals surface area (Å²) in [5.74, 6) is 0.512. The molecule has 3 rings (SSSR count). The van der Waals surface area contributed by atoms with Crippen molar-refractivity contribution in [2.75, 3.05) is 50.1 Å². The third-order valence-electron chi connectivity index (χ3n) is 4.61. The van der Waals surface area contributed by atoms with Crippen LogP contribution in [0.1, 0.15) is 0 Å². The summed E-state index contributed by atoms with van der Waals surface area (Å²) in [6, 6.07) is 12.0. The highest BCUT2D eigenvalue weighted by Crippen LogP contribution is 2.27. The van der Waals surface area contributed by atoms with E-state index >= 15 is 0 Å². The molecule has 2 aromatic carbocycles. The van der Waals surface area contributed by atoms with Gasteiger partial charge in [0.1, 0.15) is 11.4 Å². The van der Waals surface area contributed by atoms with E-state index in [1.807, 2.05) is 29.2 Å². The number of rotatable bonds is 6. The van der Waals surface area contributed by atoms with Crippen molar-refractivity contribution in [1.29, 1.82) is 0 Å². The van der Waals surface area contributed by atoms with E-state index in [4.69, 9.17) is 16.3 Å². The Hall–Kier alpha value is -2.84. The van der Waals surface area contributed by atoms with Gasteiger partial charge in [-0.25, -0.2) is 0 Å². The number of benzene rings is 2. The zero-order valence-corrected chi connectivity index (χ0v) is 16.2. The number of nitrogens with one attached hydrogen (secondary N) is 1.